The largest absolute Gasteiger partial charge is 0.400 e. The van der Waals surface area contributed by atoms with E-state index in [1.165, 1.54) is 27.7 Å². The Morgan fingerprint density at radius 3 is 1.21 bits per heavy atom. The molecule has 17 heteroatoms. The SMILES string of the molecule is C=O.CC(=O)C12CC(CCN(C)C)CC(C(C)=O)(C1=O)C(c1ccccn1)N(C)C2c1ccccn1.CC(=O)C1C(=O)C(C(C)=O)C(c2ccccn2)N(C)C1c1ccccn1.CN(C)CCN.CO. The van der Waals surface area contributed by atoms with Gasteiger partial charge in [-0.25, -0.2) is 0 Å². The highest BCUT2D eigenvalue weighted by atomic mass is 16.2. The Balaban J connectivity index is 0.000000319. The van der Waals surface area contributed by atoms with Crippen LogP contribution >= 0.6 is 0 Å². The molecule has 6 heterocycles. The lowest BCUT2D eigenvalue weighted by molar-refractivity contribution is -0.185. The van der Waals surface area contributed by atoms with Crippen molar-refractivity contribution < 1.29 is 38.7 Å². The maximum absolute atomic E-state index is 14.6. The Morgan fingerprint density at radius 2 is 0.957 bits per heavy atom. The van der Waals surface area contributed by atoms with Crippen molar-refractivity contribution in [3.8, 4) is 0 Å². The van der Waals surface area contributed by atoms with Crippen molar-refractivity contribution in [3.63, 3.8) is 0 Å². The summed E-state index contributed by atoms with van der Waals surface area (Å²) < 4.78 is 0. The predicted octanol–water partition coefficient (Wildman–Crippen LogP) is 4.40. The average molecular weight is 964 g/mol. The molecule has 17 nitrogen and oxygen atoms in total. The van der Waals surface area contributed by atoms with Crippen molar-refractivity contribution in [2.45, 2.75) is 71.1 Å². The lowest BCUT2D eigenvalue weighted by atomic mass is 9.46. The lowest BCUT2D eigenvalue weighted by Crippen LogP contribution is -2.69. The van der Waals surface area contributed by atoms with E-state index in [9.17, 15) is 28.8 Å². The predicted molar refractivity (Wildman–Crippen MR) is 267 cm³/mol. The van der Waals surface area contributed by atoms with Crippen molar-refractivity contribution in [1.82, 2.24) is 39.5 Å². The highest BCUT2D eigenvalue weighted by Crippen LogP contribution is 2.65. The first-order chi connectivity index (χ1) is 33.4. The molecule has 2 aliphatic heterocycles. The maximum Gasteiger partial charge on any atom is 0.163 e. The van der Waals surface area contributed by atoms with Crippen molar-refractivity contribution in [1.29, 1.82) is 0 Å². The Kier molecular flexibility index (Phi) is 22.4. The maximum atomic E-state index is 14.6. The van der Waals surface area contributed by atoms with Gasteiger partial charge in [-0.15, -0.1) is 0 Å². The number of likely N-dealkylation sites (tertiary alicyclic amines) is 2. The first-order valence-corrected chi connectivity index (χ1v) is 23.3. The fraction of sp³-hybridized carbons (Fsp3) is 0.491. The summed E-state index contributed by atoms with van der Waals surface area (Å²) in [5, 5.41) is 7.00. The van der Waals surface area contributed by atoms with Gasteiger partial charge in [-0.1, -0.05) is 24.3 Å². The minimum atomic E-state index is -1.34. The molecule has 0 aromatic carbocycles. The molecule has 8 atom stereocenters. The molecule has 0 amide bonds. The first-order valence-electron chi connectivity index (χ1n) is 23.3. The first kappa shape index (κ1) is 58.4. The number of aromatic nitrogens is 4. The number of piperidine rings is 2. The number of nitrogens with two attached hydrogens (primary N) is 1. The Hall–Kier alpha value is -5.95. The van der Waals surface area contributed by atoms with Crippen LogP contribution in [0.4, 0.5) is 0 Å². The summed E-state index contributed by atoms with van der Waals surface area (Å²) in [7, 11) is 12.8. The number of carbonyl (C=O) groups excluding carboxylic acids is 7. The van der Waals surface area contributed by atoms with E-state index in [4.69, 9.17) is 15.6 Å². The highest BCUT2D eigenvalue weighted by molar-refractivity contribution is 6.19. The summed E-state index contributed by atoms with van der Waals surface area (Å²) in [6.45, 7) is 10.4. The zero-order valence-electron chi connectivity index (χ0n) is 42.7. The van der Waals surface area contributed by atoms with Gasteiger partial charge in [0.2, 0.25) is 0 Å². The quantitative estimate of drug-likeness (QED) is 0.177. The number of rotatable bonds is 13. The molecular weight excluding hydrogens is 891 g/mol. The fourth-order valence-electron chi connectivity index (χ4n) is 10.6. The number of fused-ring (bicyclic) bond motifs is 2. The van der Waals surface area contributed by atoms with Crippen molar-refractivity contribution in [2.75, 3.05) is 69.0 Å². The summed E-state index contributed by atoms with van der Waals surface area (Å²) in [5.74, 6) is -3.34. The fourth-order valence-corrected chi connectivity index (χ4v) is 10.6. The summed E-state index contributed by atoms with van der Waals surface area (Å²) >= 11 is 0. The van der Waals surface area contributed by atoms with E-state index in [-0.39, 0.29) is 40.6 Å². The zero-order chi connectivity index (χ0) is 52.5. The van der Waals surface area contributed by atoms with Gasteiger partial charge in [0, 0.05) is 45.0 Å². The van der Waals surface area contributed by atoms with Crippen LogP contribution in [-0.4, -0.2) is 155 Å². The van der Waals surface area contributed by atoms with Crippen LogP contribution in [0.1, 0.15) is 93.9 Å². The molecule has 4 aromatic rings. The van der Waals surface area contributed by atoms with E-state index in [0.29, 0.717) is 35.6 Å². The van der Waals surface area contributed by atoms with Crippen molar-refractivity contribution in [2.24, 2.45) is 34.3 Å². The minimum Gasteiger partial charge on any atom is -0.400 e. The normalized spacial score (nSPS) is 26.1. The summed E-state index contributed by atoms with van der Waals surface area (Å²) in [6, 6.07) is 19.7. The molecule has 4 aromatic heterocycles. The van der Waals surface area contributed by atoms with Gasteiger partial charge in [0.1, 0.15) is 40.8 Å². The third kappa shape index (κ3) is 12.5. The molecule has 2 saturated heterocycles. The highest BCUT2D eigenvalue weighted by Gasteiger charge is 2.72. The zero-order valence-corrected chi connectivity index (χ0v) is 42.7. The second-order valence-electron chi connectivity index (χ2n) is 18.5. The van der Waals surface area contributed by atoms with Crippen LogP contribution in [0.5, 0.6) is 0 Å². The Morgan fingerprint density at radius 1 is 0.614 bits per heavy atom. The van der Waals surface area contributed by atoms with Gasteiger partial charge in [-0.2, -0.15) is 0 Å². The number of aliphatic hydroxyl groups is 1. The number of carbonyl (C=O) groups is 7. The van der Waals surface area contributed by atoms with E-state index in [2.05, 4.69) is 29.7 Å². The van der Waals surface area contributed by atoms with E-state index < -0.39 is 46.8 Å². The van der Waals surface area contributed by atoms with Crippen LogP contribution < -0.4 is 5.73 Å². The van der Waals surface area contributed by atoms with E-state index in [1.54, 1.807) is 49.1 Å². The van der Waals surface area contributed by atoms with Crippen molar-refractivity contribution in [3.05, 3.63) is 120 Å². The van der Waals surface area contributed by atoms with Crippen LogP contribution in [0, 0.1) is 28.6 Å². The average Bonchev–Trinajstić information content (AvgIpc) is 3.34. The van der Waals surface area contributed by atoms with E-state index in [0.717, 1.165) is 33.2 Å². The summed E-state index contributed by atoms with van der Waals surface area (Å²) in [5.41, 5.74) is 5.11. The van der Waals surface area contributed by atoms with Gasteiger partial charge < -0.3 is 25.4 Å². The molecule has 2 bridgehead atoms. The Bertz CT molecular complexity index is 2180. The number of Topliss-reactive ketones (excluding diaryl/α,β-unsaturated/α-hetero) is 6. The van der Waals surface area contributed by atoms with Gasteiger partial charge in [0.15, 0.2) is 11.6 Å². The van der Waals surface area contributed by atoms with Gasteiger partial charge in [0.05, 0.1) is 58.8 Å². The van der Waals surface area contributed by atoms with E-state index >= 15 is 0 Å². The molecule has 378 valence electrons. The molecule has 3 fully saturated rings. The third-order valence-corrected chi connectivity index (χ3v) is 13.5. The Labute approximate surface area is 413 Å². The third-order valence-electron chi connectivity index (χ3n) is 13.5. The van der Waals surface area contributed by atoms with Crippen LogP contribution in [0.15, 0.2) is 97.6 Å². The van der Waals surface area contributed by atoms with Crippen LogP contribution in [-0.2, 0) is 33.6 Å². The molecule has 8 unspecified atom stereocenters. The smallest absolute Gasteiger partial charge is 0.163 e. The number of hydrogen-bond donors (Lipinski definition) is 2. The molecule has 7 rings (SSSR count). The molecule has 3 aliphatic rings. The second kappa shape index (κ2) is 26.9. The van der Waals surface area contributed by atoms with Gasteiger partial charge in [0.25, 0.3) is 0 Å². The minimum absolute atomic E-state index is 0.0408. The number of likely N-dealkylation sites (N-methyl/N-ethyl adjacent to an activating group) is 1. The topological polar surface area (TPSA) is 230 Å². The number of hydrogen-bond acceptors (Lipinski definition) is 17. The van der Waals surface area contributed by atoms with Gasteiger partial charge in [-0.3, -0.25) is 58.5 Å². The molecule has 3 N–H and O–H groups in total. The molecule has 0 spiro atoms. The molecule has 1 saturated carbocycles. The summed E-state index contributed by atoms with van der Waals surface area (Å²) in [6.07, 6.45) is 8.30. The number of ketones is 6. The van der Waals surface area contributed by atoms with Crippen LogP contribution in [0.25, 0.3) is 0 Å². The number of pyridine rings is 4. The van der Waals surface area contributed by atoms with Gasteiger partial charge >= 0.3 is 0 Å². The second-order valence-corrected chi connectivity index (χ2v) is 18.5. The van der Waals surface area contributed by atoms with Gasteiger partial charge in [-0.05, 0) is 150 Å². The number of aliphatic hydroxyl groups excluding tert-OH is 1. The van der Waals surface area contributed by atoms with E-state index in [1.807, 2.05) is 107 Å². The molecular formula is C53H73N9O8. The standard InChI is InChI=1S/C27H34N4O3.C20H21N3O3.C4H12N2.CH4O.CH2O/c1-18(32)26-16-20(12-15-30(3)4)17-27(19(2)33,25(26)34)24(22-11-7-9-14-29-22)31(5)23(26)21-10-6-8-13-28-21;1-12(24)16-18(14-8-4-6-10-21-14)23(3)19(15-9-5-7-11-22-15)17(13(2)25)20(16)26;1-6(2)4-3-5;2*1-2/h6-11,13-14,20,23-24H,12,15-17H2,1-5H3;4-11,16-19H,1-3H3;3-5H2,1-2H3;2H,1H3;1H2. The summed E-state index contributed by atoms with van der Waals surface area (Å²) in [4.78, 5) is 114. The molecule has 70 heavy (non-hydrogen) atoms. The molecule has 1 aliphatic carbocycles. The van der Waals surface area contributed by atoms with Crippen molar-refractivity contribution >= 4 is 41.5 Å². The lowest BCUT2D eigenvalue weighted by Gasteiger charge is -2.61. The monoisotopic (exact) mass is 964 g/mol. The number of nitrogens with zero attached hydrogens (tertiary/aromatic N) is 8. The van der Waals surface area contributed by atoms with Crippen LogP contribution in [0.2, 0.25) is 0 Å². The molecule has 0 radical (unpaired) electrons. The van der Waals surface area contributed by atoms with Crippen LogP contribution in [0.3, 0.4) is 0 Å².